The summed E-state index contributed by atoms with van der Waals surface area (Å²) in [5, 5.41) is 2.06. The van der Waals surface area contributed by atoms with Gasteiger partial charge in [-0.15, -0.1) is 11.3 Å². The molecule has 0 aliphatic heterocycles. The summed E-state index contributed by atoms with van der Waals surface area (Å²) in [5.74, 6) is 0.106. The average Bonchev–Trinajstić information content (AvgIpc) is 3.15. The number of carbonyl (C=O) groups is 1. The van der Waals surface area contributed by atoms with Crippen molar-refractivity contribution in [2.45, 2.75) is 25.4 Å². The minimum absolute atomic E-state index is 0.106. The van der Waals surface area contributed by atoms with E-state index in [9.17, 15) is 4.79 Å². The van der Waals surface area contributed by atoms with Gasteiger partial charge in [0.1, 0.15) is 0 Å². The van der Waals surface area contributed by atoms with Crippen molar-refractivity contribution in [3.63, 3.8) is 0 Å². The molecular weight excluding hydrogens is 402 g/mol. The predicted molar refractivity (Wildman–Crippen MR) is 89.1 cm³/mol. The van der Waals surface area contributed by atoms with Gasteiger partial charge in [-0.25, -0.2) is 0 Å². The highest BCUT2D eigenvalue weighted by Crippen LogP contribution is 2.32. The molecule has 1 aliphatic carbocycles. The van der Waals surface area contributed by atoms with Crippen molar-refractivity contribution in [2.24, 2.45) is 0 Å². The maximum absolute atomic E-state index is 12.8. The summed E-state index contributed by atoms with van der Waals surface area (Å²) in [5.41, 5.74) is 0.725. The molecule has 1 amide bonds. The van der Waals surface area contributed by atoms with Gasteiger partial charge >= 0.3 is 0 Å². The number of halogens is 2. The third kappa shape index (κ3) is 3.15. The highest BCUT2D eigenvalue weighted by molar-refractivity contribution is 9.11. The number of thiophene rings is 1. The van der Waals surface area contributed by atoms with Crippen LogP contribution in [-0.4, -0.2) is 16.8 Å². The number of carbonyl (C=O) groups excluding carboxylic acids is 1. The van der Waals surface area contributed by atoms with Gasteiger partial charge in [0.05, 0.1) is 12.1 Å². The summed E-state index contributed by atoms with van der Waals surface area (Å²) >= 11 is 8.62. The Morgan fingerprint density at radius 3 is 2.75 bits per heavy atom. The molecule has 1 aromatic heterocycles. The predicted octanol–water partition coefficient (Wildman–Crippen LogP) is 5.08. The van der Waals surface area contributed by atoms with Crippen LogP contribution < -0.4 is 0 Å². The first-order valence-electron chi connectivity index (χ1n) is 6.43. The van der Waals surface area contributed by atoms with Gasteiger partial charge in [0.25, 0.3) is 5.91 Å². The summed E-state index contributed by atoms with van der Waals surface area (Å²) in [6.07, 6.45) is 2.23. The third-order valence-corrected chi connectivity index (χ3v) is 5.36. The molecule has 1 fully saturated rings. The van der Waals surface area contributed by atoms with Crippen molar-refractivity contribution in [3.8, 4) is 0 Å². The average molecular weight is 415 g/mol. The molecule has 2 nitrogen and oxygen atoms in total. The summed E-state index contributed by atoms with van der Waals surface area (Å²) in [7, 11) is 0. The van der Waals surface area contributed by atoms with Crippen LogP contribution in [0.3, 0.4) is 0 Å². The zero-order valence-corrected chi connectivity index (χ0v) is 14.7. The molecule has 1 aromatic carbocycles. The SMILES string of the molecule is O=C(c1cc(Br)ccc1Br)N(Cc1cccs1)C1CC1. The lowest BCUT2D eigenvalue weighted by Crippen LogP contribution is -2.32. The fourth-order valence-corrected chi connectivity index (χ4v) is 3.62. The zero-order chi connectivity index (χ0) is 14.1. The number of benzene rings is 1. The second-order valence-corrected chi connectivity index (χ2v) is 7.67. The summed E-state index contributed by atoms with van der Waals surface area (Å²) in [4.78, 5) is 16.0. The van der Waals surface area contributed by atoms with Gasteiger partial charge in [0, 0.05) is 19.9 Å². The normalized spacial score (nSPS) is 14.3. The fourth-order valence-electron chi connectivity index (χ4n) is 2.14. The van der Waals surface area contributed by atoms with Gasteiger partial charge in [0.15, 0.2) is 0 Å². The Kier molecular flexibility index (Phi) is 4.29. The van der Waals surface area contributed by atoms with Crippen molar-refractivity contribution in [1.82, 2.24) is 4.90 Å². The van der Waals surface area contributed by atoms with E-state index in [0.717, 1.165) is 27.4 Å². The molecule has 1 aliphatic rings. The van der Waals surface area contributed by atoms with Crippen molar-refractivity contribution in [3.05, 3.63) is 55.1 Å². The number of rotatable bonds is 4. The highest BCUT2D eigenvalue weighted by Gasteiger charge is 2.33. The Labute approximate surface area is 139 Å². The molecule has 0 radical (unpaired) electrons. The molecule has 1 heterocycles. The monoisotopic (exact) mass is 413 g/mol. The Bertz CT molecular complexity index is 623. The Hall–Kier alpha value is -0.650. The van der Waals surface area contributed by atoms with Crippen molar-refractivity contribution in [1.29, 1.82) is 0 Å². The van der Waals surface area contributed by atoms with Gasteiger partial charge in [-0.1, -0.05) is 22.0 Å². The van der Waals surface area contributed by atoms with Crippen LogP contribution in [0.15, 0.2) is 44.7 Å². The Morgan fingerprint density at radius 2 is 2.10 bits per heavy atom. The van der Waals surface area contributed by atoms with E-state index in [4.69, 9.17) is 0 Å². The molecule has 0 atom stereocenters. The van der Waals surface area contributed by atoms with E-state index < -0.39 is 0 Å². The molecule has 0 saturated heterocycles. The molecule has 3 rings (SSSR count). The second-order valence-electron chi connectivity index (χ2n) is 4.87. The van der Waals surface area contributed by atoms with Crippen LogP contribution in [0.2, 0.25) is 0 Å². The van der Waals surface area contributed by atoms with Gasteiger partial charge in [-0.3, -0.25) is 4.79 Å². The van der Waals surface area contributed by atoms with E-state index in [2.05, 4.69) is 43.3 Å². The van der Waals surface area contributed by atoms with Crippen LogP contribution in [-0.2, 0) is 6.54 Å². The lowest BCUT2D eigenvalue weighted by Gasteiger charge is -2.22. The van der Waals surface area contributed by atoms with Crippen molar-refractivity contribution < 1.29 is 4.79 Å². The number of amides is 1. The second kappa shape index (κ2) is 6.00. The summed E-state index contributed by atoms with van der Waals surface area (Å²) in [6.45, 7) is 0.708. The quantitative estimate of drug-likeness (QED) is 0.683. The van der Waals surface area contributed by atoms with E-state index in [-0.39, 0.29) is 5.91 Å². The molecule has 0 bridgehead atoms. The molecule has 20 heavy (non-hydrogen) atoms. The van der Waals surface area contributed by atoms with E-state index in [0.29, 0.717) is 12.6 Å². The molecule has 0 spiro atoms. The van der Waals surface area contributed by atoms with Crippen LogP contribution >= 0.6 is 43.2 Å². The zero-order valence-electron chi connectivity index (χ0n) is 10.7. The van der Waals surface area contributed by atoms with Crippen LogP contribution in [0.25, 0.3) is 0 Å². The van der Waals surface area contributed by atoms with Crippen molar-refractivity contribution >= 4 is 49.1 Å². The number of nitrogens with zero attached hydrogens (tertiary/aromatic N) is 1. The minimum Gasteiger partial charge on any atom is -0.330 e. The van der Waals surface area contributed by atoms with Gasteiger partial charge in [0.2, 0.25) is 0 Å². The van der Waals surface area contributed by atoms with Gasteiger partial charge in [-0.05, 0) is 58.4 Å². The summed E-state index contributed by atoms with van der Waals surface area (Å²) in [6, 6.07) is 10.2. The Balaban J connectivity index is 1.87. The molecule has 0 N–H and O–H groups in total. The topological polar surface area (TPSA) is 20.3 Å². The largest absolute Gasteiger partial charge is 0.330 e. The van der Waals surface area contributed by atoms with E-state index in [1.165, 1.54) is 4.88 Å². The lowest BCUT2D eigenvalue weighted by molar-refractivity contribution is 0.0730. The number of hydrogen-bond acceptors (Lipinski definition) is 2. The minimum atomic E-state index is 0.106. The standard InChI is InChI=1S/C15H13Br2NOS/c16-10-3-6-14(17)13(8-10)15(19)18(11-4-5-11)9-12-2-1-7-20-12/h1-3,6-8,11H,4-5,9H2. The van der Waals surface area contributed by atoms with Gasteiger partial charge < -0.3 is 4.90 Å². The maximum Gasteiger partial charge on any atom is 0.255 e. The van der Waals surface area contributed by atoms with Crippen LogP contribution in [0.4, 0.5) is 0 Å². The Morgan fingerprint density at radius 1 is 1.30 bits per heavy atom. The van der Waals surface area contributed by atoms with E-state index in [1.807, 2.05) is 29.2 Å². The molecular formula is C15H13Br2NOS. The third-order valence-electron chi connectivity index (χ3n) is 3.31. The molecule has 2 aromatic rings. The van der Waals surface area contributed by atoms with E-state index in [1.54, 1.807) is 11.3 Å². The smallest absolute Gasteiger partial charge is 0.255 e. The molecule has 5 heteroatoms. The van der Waals surface area contributed by atoms with Crippen molar-refractivity contribution in [2.75, 3.05) is 0 Å². The first-order chi connectivity index (χ1) is 9.65. The van der Waals surface area contributed by atoms with Crippen LogP contribution in [0, 0.1) is 0 Å². The maximum atomic E-state index is 12.8. The lowest BCUT2D eigenvalue weighted by atomic mass is 10.2. The first-order valence-corrected chi connectivity index (χ1v) is 8.90. The molecule has 0 unspecified atom stereocenters. The first kappa shape index (κ1) is 14.3. The number of hydrogen-bond donors (Lipinski definition) is 0. The highest BCUT2D eigenvalue weighted by atomic mass is 79.9. The van der Waals surface area contributed by atoms with Crippen LogP contribution in [0.5, 0.6) is 0 Å². The summed E-state index contributed by atoms with van der Waals surface area (Å²) < 4.78 is 1.78. The fraction of sp³-hybridized carbons (Fsp3) is 0.267. The van der Waals surface area contributed by atoms with Crippen LogP contribution in [0.1, 0.15) is 28.1 Å². The van der Waals surface area contributed by atoms with Gasteiger partial charge in [-0.2, -0.15) is 0 Å². The molecule has 1 saturated carbocycles. The molecule has 104 valence electrons. The van der Waals surface area contributed by atoms with E-state index >= 15 is 0 Å².